The van der Waals surface area contributed by atoms with Crippen LogP contribution in [0.1, 0.15) is 11.1 Å². The first-order chi connectivity index (χ1) is 13.5. The minimum Gasteiger partial charge on any atom is -0.493 e. The topological polar surface area (TPSA) is 34.2 Å². The quantitative estimate of drug-likeness (QED) is 0.725. The zero-order chi connectivity index (χ0) is 20.1. The lowest BCUT2D eigenvalue weighted by Gasteiger charge is -2.36. The summed E-state index contributed by atoms with van der Waals surface area (Å²) in [6, 6.07) is 9.51. The fraction of sp³-hybridized carbons (Fsp3) is 0.455. The normalized spacial score (nSPS) is 14.8. The maximum atomic E-state index is 13.8. The molecule has 0 spiro atoms. The average Bonchev–Trinajstić information content (AvgIpc) is 2.73. The van der Waals surface area contributed by atoms with Crippen LogP contribution in [0.4, 0.5) is 10.1 Å². The van der Waals surface area contributed by atoms with Gasteiger partial charge in [0.15, 0.2) is 11.5 Å². The van der Waals surface area contributed by atoms with Gasteiger partial charge < -0.3 is 19.1 Å². The third-order valence-electron chi connectivity index (χ3n) is 5.33. The molecule has 1 heterocycles. The van der Waals surface area contributed by atoms with E-state index in [1.54, 1.807) is 34.3 Å². The summed E-state index contributed by atoms with van der Waals surface area (Å²) < 4.78 is 30.1. The number of halogens is 1. The third-order valence-corrected chi connectivity index (χ3v) is 5.33. The average molecular weight is 388 g/mol. The van der Waals surface area contributed by atoms with Gasteiger partial charge in [-0.05, 0) is 48.7 Å². The van der Waals surface area contributed by atoms with Crippen LogP contribution in [0.25, 0.3) is 0 Å². The van der Waals surface area contributed by atoms with Gasteiger partial charge in [-0.15, -0.1) is 0 Å². The summed E-state index contributed by atoms with van der Waals surface area (Å²) in [4.78, 5) is 4.68. The van der Waals surface area contributed by atoms with Crippen molar-refractivity contribution in [2.45, 2.75) is 13.3 Å². The smallest absolute Gasteiger partial charge is 0.203 e. The SMILES string of the molecule is COc1cc(CCN2CCN(c3ccc(C)c(F)c3)CC2)cc(OC)c1OC. The van der Waals surface area contributed by atoms with E-state index >= 15 is 0 Å². The van der Waals surface area contributed by atoms with E-state index in [1.807, 2.05) is 24.3 Å². The standard InChI is InChI=1S/C22H29FN2O3/c1-16-5-6-18(15-19(16)23)25-11-9-24(10-12-25)8-7-17-13-20(26-2)22(28-4)21(14-17)27-3/h5-6,13-15H,7-12H2,1-4H3. The Morgan fingerprint density at radius 3 is 2.07 bits per heavy atom. The minimum atomic E-state index is -0.137. The molecule has 2 aromatic carbocycles. The maximum Gasteiger partial charge on any atom is 0.203 e. The highest BCUT2D eigenvalue weighted by atomic mass is 19.1. The van der Waals surface area contributed by atoms with Crippen LogP contribution < -0.4 is 19.1 Å². The van der Waals surface area contributed by atoms with Crippen LogP contribution in [-0.2, 0) is 6.42 Å². The summed E-state index contributed by atoms with van der Waals surface area (Å²) in [6.07, 6.45) is 0.899. The molecule has 0 radical (unpaired) electrons. The number of hydrogen-bond acceptors (Lipinski definition) is 5. The molecule has 0 aliphatic carbocycles. The Kier molecular flexibility index (Phi) is 6.62. The van der Waals surface area contributed by atoms with Crippen molar-refractivity contribution in [1.82, 2.24) is 4.90 Å². The highest BCUT2D eigenvalue weighted by Gasteiger charge is 2.19. The highest BCUT2D eigenvalue weighted by Crippen LogP contribution is 2.38. The number of nitrogens with zero attached hydrogens (tertiary/aromatic N) is 2. The number of anilines is 1. The Hall–Kier alpha value is -2.47. The second-order valence-electron chi connectivity index (χ2n) is 7.05. The number of ether oxygens (including phenoxy) is 3. The van der Waals surface area contributed by atoms with Gasteiger partial charge in [0.25, 0.3) is 0 Å². The van der Waals surface area contributed by atoms with Crippen molar-refractivity contribution in [3.63, 3.8) is 0 Å². The molecule has 152 valence electrons. The molecule has 1 aliphatic rings. The lowest BCUT2D eigenvalue weighted by molar-refractivity contribution is 0.260. The molecule has 3 rings (SSSR count). The molecule has 1 saturated heterocycles. The predicted octanol–water partition coefficient (Wildman–Crippen LogP) is 3.52. The van der Waals surface area contributed by atoms with E-state index in [1.165, 1.54) is 0 Å². The summed E-state index contributed by atoms with van der Waals surface area (Å²) in [5, 5.41) is 0. The number of rotatable bonds is 7. The second-order valence-corrected chi connectivity index (χ2v) is 7.05. The molecule has 1 aliphatic heterocycles. The van der Waals surface area contributed by atoms with E-state index in [-0.39, 0.29) is 5.82 Å². The molecule has 0 aromatic heterocycles. The van der Waals surface area contributed by atoms with Crippen LogP contribution in [0.5, 0.6) is 17.2 Å². The van der Waals surface area contributed by atoms with Gasteiger partial charge in [0.2, 0.25) is 5.75 Å². The zero-order valence-corrected chi connectivity index (χ0v) is 17.1. The van der Waals surface area contributed by atoms with Gasteiger partial charge in [0.1, 0.15) is 5.82 Å². The molecular formula is C22H29FN2O3. The van der Waals surface area contributed by atoms with E-state index in [0.717, 1.165) is 50.4 Å². The van der Waals surface area contributed by atoms with Crippen LogP contribution in [-0.4, -0.2) is 59.0 Å². The summed E-state index contributed by atoms with van der Waals surface area (Å²) in [5.74, 6) is 1.85. The number of aryl methyl sites for hydroxylation is 1. The van der Waals surface area contributed by atoms with Crippen molar-refractivity contribution in [2.24, 2.45) is 0 Å². The monoisotopic (exact) mass is 388 g/mol. The molecule has 2 aromatic rings. The molecule has 28 heavy (non-hydrogen) atoms. The molecule has 0 saturated carbocycles. The molecule has 0 atom stereocenters. The van der Waals surface area contributed by atoms with Gasteiger partial charge in [-0.25, -0.2) is 4.39 Å². The Balaban J connectivity index is 1.57. The molecule has 1 fully saturated rings. The van der Waals surface area contributed by atoms with Crippen molar-refractivity contribution < 1.29 is 18.6 Å². The van der Waals surface area contributed by atoms with E-state index in [9.17, 15) is 4.39 Å². The van der Waals surface area contributed by atoms with Crippen molar-refractivity contribution in [2.75, 3.05) is 59.0 Å². The predicted molar refractivity (Wildman–Crippen MR) is 110 cm³/mol. The molecule has 0 amide bonds. The molecule has 0 unspecified atom stereocenters. The van der Waals surface area contributed by atoms with E-state index in [0.29, 0.717) is 22.8 Å². The molecular weight excluding hydrogens is 359 g/mol. The third kappa shape index (κ3) is 4.50. The van der Waals surface area contributed by atoms with Gasteiger partial charge in [0, 0.05) is 38.4 Å². The number of piperazine rings is 1. The van der Waals surface area contributed by atoms with Crippen LogP contribution in [0, 0.1) is 12.7 Å². The van der Waals surface area contributed by atoms with Crippen molar-refractivity contribution in [1.29, 1.82) is 0 Å². The fourth-order valence-corrected chi connectivity index (χ4v) is 3.58. The van der Waals surface area contributed by atoms with Crippen molar-refractivity contribution >= 4 is 5.69 Å². The lowest BCUT2D eigenvalue weighted by Crippen LogP contribution is -2.47. The number of benzene rings is 2. The Bertz CT molecular complexity index is 779. The first-order valence-corrected chi connectivity index (χ1v) is 9.58. The van der Waals surface area contributed by atoms with Gasteiger partial charge in [0.05, 0.1) is 21.3 Å². The molecule has 5 nitrogen and oxygen atoms in total. The van der Waals surface area contributed by atoms with Crippen LogP contribution in [0.3, 0.4) is 0 Å². The van der Waals surface area contributed by atoms with Crippen molar-refractivity contribution in [3.8, 4) is 17.2 Å². The zero-order valence-electron chi connectivity index (χ0n) is 17.1. The Morgan fingerprint density at radius 2 is 1.54 bits per heavy atom. The molecule has 0 N–H and O–H groups in total. The second kappa shape index (κ2) is 9.15. The number of methoxy groups -OCH3 is 3. The van der Waals surface area contributed by atoms with Gasteiger partial charge >= 0.3 is 0 Å². The van der Waals surface area contributed by atoms with Crippen LogP contribution in [0.2, 0.25) is 0 Å². The van der Waals surface area contributed by atoms with E-state index in [2.05, 4.69) is 9.80 Å². The van der Waals surface area contributed by atoms with E-state index in [4.69, 9.17) is 14.2 Å². The van der Waals surface area contributed by atoms with Gasteiger partial charge in [-0.2, -0.15) is 0 Å². The Labute approximate surface area is 166 Å². The summed E-state index contributed by atoms with van der Waals surface area (Å²) in [5.41, 5.74) is 2.80. The summed E-state index contributed by atoms with van der Waals surface area (Å²) in [7, 11) is 4.88. The van der Waals surface area contributed by atoms with Gasteiger partial charge in [-0.3, -0.25) is 4.90 Å². The summed E-state index contributed by atoms with van der Waals surface area (Å²) in [6.45, 7) is 6.46. The number of hydrogen-bond donors (Lipinski definition) is 0. The molecule has 0 bridgehead atoms. The summed E-state index contributed by atoms with van der Waals surface area (Å²) >= 11 is 0. The first kappa shape index (κ1) is 20.3. The van der Waals surface area contributed by atoms with Crippen LogP contribution >= 0.6 is 0 Å². The minimum absolute atomic E-state index is 0.137. The largest absolute Gasteiger partial charge is 0.493 e. The lowest BCUT2D eigenvalue weighted by atomic mass is 10.1. The van der Waals surface area contributed by atoms with Gasteiger partial charge in [-0.1, -0.05) is 6.07 Å². The highest BCUT2D eigenvalue weighted by molar-refractivity contribution is 5.54. The first-order valence-electron chi connectivity index (χ1n) is 9.58. The molecule has 6 heteroatoms. The Morgan fingerprint density at radius 1 is 0.893 bits per heavy atom. The fourth-order valence-electron chi connectivity index (χ4n) is 3.58. The maximum absolute atomic E-state index is 13.8. The van der Waals surface area contributed by atoms with E-state index < -0.39 is 0 Å². The van der Waals surface area contributed by atoms with Crippen LogP contribution in [0.15, 0.2) is 30.3 Å². The van der Waals surface area contributed by atoms with Crippen molar-refractivity contribution in [3.05, 3.63) is 47.3 Å².